The Balaban J connectivity index is 1.93. The van der Waals surface area contributed by atoms with Gasteiger partial charge in [0.1, 0.15) is 6.17 Å². The molecule has 0 radical (unpaired) electrons. The molecule has 1 aliphatic heterocycles. The molecule has 0 aromatic carbocycles. The van der Waals surface area contributed by atoms with Gasteiger partial charge < -0.3 is 4.90 Å². The molecule has 1 aromatic rings. The molecule has 1 amide bonds. The molecule has 1 aromatic heterocycles. The third-order valence-electron chi connectivity index (χ3n) is 5.05. The molecule has 1 N–H and O–H groups in total. The van der Waals surface area contributed by atoms with Gasteiger partial charge in [-0.05, 0) is 22.3 Å². The fraction of sp³-hybridized carbons (Fsp3) is 0.643. The molecule has 4 heteroatoms. The average Bonchev–Trinajstić information content (AvgIpc) is 2.78. The second-order valence-electron chi connectivity index (χ2n) is 6.45. The first-order chi connectivity index (χ1) is 8.37. The Bertz CT molecular complexity index is 464. The Labute approximate surface area is 112 Å². The molecule has 2 heterocycles. The quantitative estimate of drug-likeness (QED) is 0.890. The third kappa shape index (κ3) is 1.42. The lowest BCUT2D eigenvalue weighted by atomic mass is 10.0. The first-order valence-electron chi connectivity index (χ1n) is 6.45. The monoisotopic (exact) mass is 264 g/mol. The summed E-state index contributed by atoms with van der Waals surface area (Å²) in [5, 5.41) is 5.41. The lowest BCUT2D eigenvalue weighted by Gasteiger charge is -2.26. The third-order valence-corrected chi connectivity index (χ3v) is 5.97. The van der Waals surface area contributed by atoms with E-state index in [4.69, 9.17) is 0 Å². The number of amides is 1. The number of nitrogens with one attached hydrogen (secondary N) is 1. The van der Waals surface area contributed by atoms with E-state index < -0.39 is 0 Å². The second-order valence-corrected chi connectivity index (χ2v) is 7.43. The van der Waals surface area contributed by atoms with Crippen molar-refractivity contribution in [2.75, 3.05) is 6.54 Å². The molecule has 0 bridgehead atoms. The molecule has 3 rings (SSSR count). The fourth-order valence-corrected chi connectivity index (χ4v) is 4.15. The molecule has 0 spiro atoms. The Morgan fingerprint density at radius 1 is 1.33 bits per heavy atom. The Morgan fingerprint density at radius 2 is 2.00 bits per heavy atom. The number of hydrogen-bond donors (Lipinski definition) is 1. The normalized spacial score (nSPS) is 29.9. The van der Waals surface area contributed by atoms with E-state index >= 15 is 0 Å². The molecule has 2 aliphatic rings. The van der Waals surface area contributed by atoms with Crippen LogP contribution in [0.1, 0.15) is 38.7 Å². The van der Waals surface area contributed by atoms with E-state index in [1.165, 1.54) is 4.88 Å². The van der Waals surface area contributed by atoms with Crippen molar-refractivity contribution in [1.29, 1.82) is 0 Å². The van der Waals surface area contributed by atoms with Crippen LogP contribution in [-0.2, 0) is 4.79 Å². The van der Waals surface area contributed by atoms with Crippen LogP contribution in [0.2, 0.25) is 0 Å². The molecule has 1 saturated heterocycles. The Hall–Kier alpha value is -0.870. The van der Waals surface area contributed by atoms with Gasteiger partial charge in [0, 0.05) is 10.9 Å². The largest absolute Gasteiger partial charge is 0.317 e. The van der Waals surface area contributed by atoms with Gasteiger partial charge in [0.15, 0.2) is 0 Å². The highest BCUT2D eigenvalue weighted by atomic mass is 32.1. The highest BCUT2D eigenvalue weighted by Gasteiger charge is 2.69. The zero-order chi connectivity index (χ0) is 13.1. The maximum absolute atomic E-state index is 12.2. The summed E-state index contributed by atoms with van der Waals surface area (Å²) in [5.74, 6) is 0.233. The predicted molar refractivity (Wildman–Crippen MR) is 73.3 cm³/mol. The number of carbonyl (C=O) groups excluding carboxylic acids is 1. The molecular formula is C14H20N2OS. The van der Waals surface area contributed by atoms with Crippen molar-refractivity contribution in [3.63, 3.8) is 0 Å². The van der Waals surface area contributed by atoms with Gasteiger partial charge in [0.2, 0.25) is 5.91 Å². The first-order valence-corrected chi connectivity index (χ1v) is 7.33. The van der Waals surface area contributed by atoms with Crippen molar-refractivity contribution in [1.82, 2.24) is 10.2 Å². The summed E-state index contributed by atoms with van der Waals surface area (Å²) >= 11 is 1.72. The summed E-state index contributed by atoms with van der Waals surface area (Å²) in [6, 6.07) is 4.49. The van der Waals surface area contributed by atoms with Gasteiger partial charge in [-0.25, -0.2) is 0 Å². The molecule has 1 atom stereocenters. The highest BCUT2D eigenvalue weighted by Crippen LogP contribution is 2.66. The minimum Gasteiger partial charge on any atom is -0.317 e. The van der Waals surface area contributed by atoms with E-state index in [1.807, 2.05) is 6.07 Å². The van der Waals surface area contributed by atoms with E-state index in [9.17, 15) is 4.79 Å². The van der Waals surface area contributed by atoms with Gasteiger partial charge >= 0.3 is 0 Å². The van der Waals surface area contributed by atoms with E-state index in [-0.39, 0.29) is 22.9 Å². The van der Waals surface area contributed by atoms with E-state index in [1.54, 1.807) is 11.3 Å². The van der Waals surface area contributed by atoms with Crippen molar-refractivity contribution in [3.8, 4) is 0 Å². The molecule has 1 unspecified atom stereocenters. The lowest BCUT2D eigenvalue weighted by molar-refractivity contribution is -0.129. The minimum atomic E-state index is 0.0727. The number of rotatable bonds is 2. The Kier molecular flexibility index (Phi) is 2.42. The smallest absolute Gasteiger partial charge is 0.238 e. The van der Waals surface area contributed by atoms with Crippen molar-refractivity contribution < 1.29 is 4.79 Å². The van der Waals surface area contributed by atoms with Crippen LogP contribution >= 0.6 is 11.3 Å². The second kappa shape index (κ2) is 3.58. The number of hydrogen-bond acceptors (Lipinski definition) is 3. The first kappa shape index (κ1) is 12.2. The van der Waals surface area contributed by atoms with Gasteiger partial charge in [-0.15, -0.1) is 11.3 Å². The van der Waals surface area contributed by atoms with Crippen molar-refractivity contribution in [2.24, 2.45) is 10.8 Å². The molecule has 1 saturated carbocycles. The number of nitrogens with zero attached hydrogens (tertiary/aromatic N) is 1. The molecule has 98 valence electrons. The summed E-state index contributed by atoms with van der Waals surface area (Å²) < 4.78 is 0. The van der Waals surface area contributed by atoms with Gasteiger partial charge in [0.25, 0.3) is 0 Å². The fourth-order valence-electron chi connectivity index (χ4n) is 3.35. The average molecular weight is 264 g/mol. The van der Waals surface area contributed by atoms with Gasteiger partial charge in [-0.1, -0.05) is 33.8 Å². The van der Waals surface area contributed by atoms with Crippen LogP contribution in [0.15, 0.2) is 17.5 Å². The molecule has 18 heavy (non-hydrogen) atoms. The molecule has 3 nitrogen and oxygen atoms in total. The van der Waals surface area contributed by atoms with Crippen molar-refractivity contribution >= 4 is 17.2 Å². The topological polar surface area (TPSA) is 32.3 Å². The minimum absolute atomic E-state index is 0.0727. The van der Waals surface area contributed by atoms with Crippen molar-refractivity contribution in [3.05, 3.63) is 22.4 Å². The summed E-state index contributed by atoms with van der Waals surface area (Å²) in [6.45, 7) is 9.50. The van der Waals surface area contributed by atoms with Crippen LogP contribution in [0.25, 0.3) is 0 Å². The maximum Gasteiger partial charge on any atom is 0.238 e. The maximum atomic E-state index is 12.2. The summed E-state index contributed by atoms with van der Waals surface area (Å²) in [5.41, 5.74) is 0.397. The zero-order valence-corrected chi connectivity index (χ0v) is 12.2. The highest BCUT2D eigenvalue weighted by molar-refractivity contribution is 7.10. The number of carbonyl (C=O) groups is 1. The zero-order valence-electron chi connectivity index (χ0n) is 11.4. The molecule has 1 aliphatic carbocycles. The summed E-state index contributed by atoms with van der Waals surface area (Å²) in [4.78, 5) is 15.5. The van der Waals surface area contributed by atoms with Gasteiger partial charge in [0.05, 0.1) is 6.54 Å². The van der Waals surface area contributed by atoms with E-state index in [0.29, 0.717) is 12.6 Å². The standard InChI is InChI=1S/C14H20N2OS/c1-13(2)12(14(13,3)4)16-10(17)8-15-11(16)9-6-5-7-18-9/h5-7,11-12,15H,8H2,1-4H3. The van der Waals surface area contributed by atoms with E-state index in [0.717, 1.165) is 0 Å². The summed E-state index contributed by atoms with van der Waals surface area (Å²) in [6.07, 6.45) is 0.0727. The molecular weight excluding hydrogens is 244 g/mol. The van der Waals surface area contributed by atoms with Crippen LogP contribution in [0.5, 0.6) is 0 Å². The van der Waals surface area contributed by atoms with Crippen LogP contribution in [-0.4, -0.2) is 23.4 Å². The van der Waals surface area contributed by atoms with Gasteiger partial charge in [-0.2, -0.15) is 0 Å². The molecule has 2 fully saturated rings. The summed E-state index contributed by atoms with van der Waals surface area (Å²) in [7, 11) is 0. The van der Waals surface area contributed by atoms with Crippen LogP contribution in [0.4, 0.5) is 0 Å². The number of thiophene rings is 1. The predicted octanol–water partition coefficient (Wildman–Crippen LogP) is 2.61. The van der Waals surface area contributed by atoms with Crippen LogP contribution in [0.3, 0.4) is 0 Å². The van der Waals surface area contributed by atoms with Gasteiger partial charge in [-0.3, -0.25) is 10.1 Å². The van der Waals surface area contributed by atoms with Crippen molar-refractivity contribution in [2.45, 2.75) is 39.9 Å². The van der Waals surface area contributed by atoms with E-state index in [2.05, 4.69) is 49.4 Å². The SMILES string of the molecule is CC1(C)C(N2C(=O)CNC2c2cccs2)C1(C)C. The Morgan fingerprint density at radius 3 is 2.50 bits per heavy atom. The van der Waals surface area contributed by atoms with Crippen LogP contribution in [0, 0.1) is 10.8 Å². The lowest BCUT2D eigenvalue weighted by Crippen LogP contribution is -2.35. The van der Waals surface area contributed by atoms with Crippen LogP contribution < -0.4 is 5.32 Å².